The molecular weight excluding hydrogens is 326 g/mol. The van der Waals surface area contributed by atoms with Crippen molar-refractivity contribution in [2.24, 2.45) is 10.7 Å². The number of rotatable bonds is 5. The Kier molecular flexibility index (Phi) is 5.22. The highest BCUT2D eigenvalue weighted by molar-refractivity contribution is 5.92. The predicted molar refractivity (Wildman–Crippen MR) is 105 cm³/mol. The summed E-state index contributed by atoms with van der Waals surface area (Å²) in [5.41, 5.74) is 11.2. The monoisotopic (exact) mass is 349 g/mol. The van der Waals surface area contributed by atoms with Gasteiger partial charge in [0.15, 0.2) is 5.96 Å². The van der Waals surface area contributed by atoms with E-state index in [1.54, 1.807) is 11.8 Å². The number of methoxy groups -OCH3 is 1. The van der Waals surface area contributed by atoms with Crippen molar-refractivity contribution >= 4 is 11.6 Å². The molecule has 3 rings (SSSR count). The van der Waals surface area contributed by atoms with Crippen molar-refractivity contribution in [1.29, 1.82) is 0 Å². The zero-order valence-corrected chi connectivity index (χ0v) is 15.2. The lowest BCUT2D eigenvalue weighted by molar-refractivity contribution is 0.414. The van der Waals surface area contributed by atoms with Crippen molar-refractivity contribution < 1.29 is 4.74 Å². The number of nitrogens with one attached hydrogen (secondary N) is 1. The van der Waals surface area contributed by atoms with Gasteiger partial charge in [0.2, 0.25) is 0 Å². The molecule has 6 nitrogen and oxygen atoms in total. The number of anilines is 1. The van der Waals surface area contributed by atoms with Crippen LogP contribution in [0.5, 0.6) is 5.75 Å². The van der Waals surface area contributed by atoms with E-state index in [0.29, 0.717) is 12.5 Å². The maximum Gasteiger partial charge on any atom is 0.193 e. The van der Waals surface area contributed by atoms with E-state index in [2.05, 4.69) is 41.4 Å². The number of nitrogens with two attached hydrogens (primary N) is 1. The number of hydrogen-bond acceptors (Lipinski definition) is 3. The number of aryl methyl sites for hydroxylation is 2. The summed E-state index contributed by atoms with van der Waals surface area (Å²) in [5.74, 6) is 1.18. The van der Waals surface area contributed by atoms with Gasteiger partial charge in [-0.05, 0) is 67.4 Å². The van der Waals surface area contributed by atoms with E-state index in [9.17, 15) is 0 Å². The molecule has 0 bridgehead atoms. The first-order valence-electron chi connectivity index (χ1n) is 8.38. The van der Waals surface area contributed by atoms with E-state index in [1.165, 1.54) is 11.1 Å². The molecule has 1 aromatic heterocycles. The van der Waals surface area contributed by atoms with Crippen LogP contribution in [0.1, 0.15) is 16.8 Å². The SMILES string of the molecule is COc1ccc(-n2ccc(CN=C(N)Nc3ccc(C)c(C)c3)n2)cc1. The van der Waals surface area contributed by atoms with E-state index in [-0.39, 0.29) is 0 Å². The van der Waals surface area contributed by atoms with Gasteiger partial charge < -0.3 is 15.8 Å². The number of aromatic nitrogens is 2. The first kappa shape index (κ1) is 17.5. The van der Waals surface area contributed by atoms with Crippen LogP contribution >= 0.6 is 0 Å². The second-order valence-corrected chi connectivity index (χ2v) is 6.08. The van der Waals surface area contributed by atoms with Crippen molar-refractivity contribution in [1.82, 2.24) is 9.78 Å². The molecule has 0 aliphatic carbocycles. The van der Waals surface area contributed by atoms with Crippen molar-refractivity contribution in [2.45, 2.75) is 20.4 Å². The minimum absolute atomic E-state index is 0.368. The van der Waals surface area contributed by atoms with Gasteiger partial charge in [0, 0.05) is 11.9 Å². The van der Waals surface area contributed by atoms with Crippen molar-refractivity contribution in [3.05, 3.63) is 71.5 Å². The molecule has 0 spiro atoms. The fourth-order valence-electron chi connectivity index (χ4n) is 2.50. The van der Waals surface area contributed by atoms with Crippen LogP contribution in [0.2, 0.25) is 0 Å². The largest absolute Gasteiger partial charge is 0.497 e. The molecule has 0 atom stereocenters. The Morgan fingerprint density at radius 3 is 2.58 bits per heavy atom. The molecule has 0 saturated heterocycles. The smallest absolute Gasteiger partial charge is 0.193 e. The van der Waals surface area contributed by atoms with E-state index in [1.807, 2.05) is 42.6 Å². The molecule has 0 unspecified atom stereocenters. The molecule has 134 valence electrons. The number of benzene rings is 2. The minimum atomic E-state index is 0.368. The molecule has 6 heteroatoms. The number of nitrogens with zero attached hydrogens (tertiary/aromatic N) is 3. The minimum Gasteiger partial charge on any atom is -0.497 e. The van der Waals surface area contributed by atoms with Crippen LogP contribution in [0, 0.1) is 13.8 Å². The van der Waals surface area contributed by atoms with Gasteiger partial charge in [0.05, 0.1) is 25.0 Å². The summed E-state index contributed by atoms with van der Waals surface area (Å²) < 4.78 is 6.97. The van der Waals surface area contributed by atoms with Crippen LogP contribution in [0.15, 0.2) is 59.7 Å². The molecule has 0 aliphatic rings. The molecule has 26 heavy (non-hydrogen) atoms. The van der Waals surface area contributed by atoms with E-state index in [4.69, 9.17) is 10.5 Å². The first-order chi connectivity index (χ1) is 12.5. The van der Waals surface area contributed by atoms with Crippen LogP contribution in [0.25, 0.3) is 5.69 Å². The average molecular weight is 349 g/mol. The summed E-state index contributed by atoms with van der Waals surface area (Å²) in [6.07, 6.45) is 1.90. The summed E-state index contributed by atoms with van der Waals surface area (Å²) >= 11 is 0. The quantitative estimate of drug-likeness (QED) is 0.546. The molecule has 0 fully saturated rings. The van der Waals surface area contributed by atoms with Crippen LogP contribution in [-0.4, -0.2) is 22.8 Å². The molecule has 0 amide bonds. The molecule has 0 radical (unpaired) electrons. The second-order valence-electron chi connectivity index (χ2n) is 6.08. The van der Waals surface area contributed by atoms with Gasteiger partial charge in [0.1, 0.15) is 5.75 Å². The molecular formula is C20H23N5O. The Balaban J connectivity index is 1.64. The molecule has 2 aromatic carbocycles. The van der Waals surface area contributed by atoms with Gasteiger partial charge in [-0.15, -0.1) is 0 Å². The first-order valence-corrected chi connectivity index (χ1v) is 8.38. The summed E-state index contributed by atoms with van der Waals surface area (Å²) in [4.78, 5) is 4.36. The van der Waals surface area contributed by atoms with Gasteiger partial charge in [-0.1, -0.05) is 6.07 Å². The molecule has 3 N–H and O–H groups in total. The van der Waals surface area contributed by atoms with Gasteiger partial charge in [-0.2, -0.15) is 5.10 Å². The number of hydrogen-bond donors (Lipinski definition) is 2. The number of guanidine groups is 1. The summed E-state index contributed by atoms with van der Waals surface area (Å²) in [5, 5.41) is 7.64. The molecule has 0 saturated carbocycles. The Hall–Kier alpha value is -3.28. The number of aliphatic imine (C=N–C) groups is 1. The van der Waals surface area contributed by atoms with Gasteiger partial charge in [-0.25, -0.2) is 9.67 Å². The zero-order chi connectivity index (χ0) is 18.5. The fraction of sp³-hybridized carbons (Fsp3) is 0.200. The van der Waals surface area contributed by atoms with Crippen LogP contribution < -0.4 is 15.8 Å². The molecule has 1 heterocycles. The highest BCUT2D eigenvalue weighted by atomic mass is 16.5. The second kappa shape index (κ2) is 7.74. The average Bonchev–Trinajstić information content (AvgIpc) is 3.12. The maximum absolute atomic E-state index is 5.98. The lowest BCUT2D eigenvalue weighted by Gasteiger charge is -2.07. The molecule has 3 aromatic rings. The van der Waals surface area contributed by atoms with Gasteiger partial charge in [-0.3, -0.25) is 0 Å². The highest BCUT2D eigenvalue weighted by Gasteiger charge is 2.03. The summed E-state index contributed by atoms with van der Waals surface area (Å²) in [6, 6.07) is 15.7. The Bertz CT molecular complexity index is 912. The van der Waals surface area contributed by atoms with Crippen LogP contribution in [0.4, 0.5) is 5.69 Å². The Morgan fingerprint density at radius 1 is 1.12 bits per heavy atom. The van der Waals surface area contributed by atoms with Gasteiger partial charge >= 0.3 is 0 Å². The fourth-order valence-corrected chi connectivity index (χ4v) is 2.50. The third-order valence-electron chi connectivity index (χ3n) is 4.17. The third-order valence-corrected chi connectivity index (χ3v) is 4.17. The predicted octanol–water partition coefficient (Wildman–Crippen LogP) is 3.42. The van der Waals surface area contributed by atoms with Gasteiger partial charge in [0.25, 0.3) is 0 Å². The Labute approximate surface area is 153 Å². The normalized spacial score (nSPS) is 11.4. The van der Waals surface area contributed by atoms with Crippen LogP contribution in [-0.2, 0) is 6.54 Å². The Morgan fingerprint density at radius 2 is 1.88 bits per heavy atom. The molecule has 0 aliphatic heterocycles. The zero-order valence-electron chi connectivity index (χ0n) is 15.2. The van der Waals surface area contributed by atoms with E-state index < -0.39 is 0 Å². The van der Waals surface area contributed by atoms with Crippen LogP contribution in [0.3, 0.4) is 0 Å². The van der Waals surface area contributed by atoms with E-state index in [0.717, 1.165) is 22.8 Å². The lowest BCUT2D eigenvalue weighted by Crippen LogP contribution is -2.22. The third kappa shape index (κ3) is 4.22. The highest BCUT2D eigenvalue weighted by Crippen LogP contribution is 2.15. The van der Waals surface area contributed by atoms with E-state index >= 15 is 0 Å². The topological polar surface area (TPSA) is 77.5 Å². The summed E-state index contributed by atoms with van der Waals surface area (Å²) in [6.45, 7) is 4.56. The lowest BCUT2D eigenvalue weighted by atomic mass is 10.1. The number of ether oxygens (including phenoxy) is 1. The summed E-state index contributed by atoms with van der Waals surface area (Å²) in [7, 11) is 1.65. The van der Waals surface area contributed by atoms with Crippen molar-refractivity contribution in [3.63, 3.8) is 0 Å². The maximum atomic E-state index is 5.98. The van der Waals surface area contributed by atoms with Crippen molar-refractivity contribution in [2.75, 3.05) is 12.4 Å². The standard InChI is InChI=1S/C20H23N5O/c1-14-4-5-16(12-15(14)2)23-20(21)22-13-17-10-11-25(24-17)18-6-8-19(26-3)9-7-18/h4-12H,13H2,1-3H3,(H3,21,22,23). The van der Waals surface area contributed by atoms with Crippen molar-refractivity contribution in [3.8, 4) is 11.4 Å².